The van der Waals surface area contributed by atoms with Crippen molar-refractivity contribution in [2.24, 2.45) is 5.73 Å². The molecule has 2 aromatic rings. The van der Waals surface area contributed by atoms with Crippen LogP contribution in [0.2, 0.25) is 0 Å². The van der Waals surface area contributed by atoms with E-state index in [1.54, 1.807) is 12.4 Å². The Bertz CT molecular complexity index is 482. The lowest BCUT2D eigenvalue weighted by Gasteiger charge is -2.06. The van der Waals surface area contributed by atoms with Crippen molar-refractivity contribution in [3.05, 3.63) is 47.0 Å². The molecule has 1 aromatic heterocycles. The molecule has 4 nitrogen and oxygen atoms in total. The van der Waals surface area contributed by atoms with Gasteiger partial charge in [-0.1, -0.05) is 15.9 Å². The summed E-state index contributed by atoms with van der Waals surface area (Å²) in [5.74, 6) is 1.94. The predicted molar refractivity (Wildman–Crippen MR) is 68.9 cm³/mol. The van der Waals surface area contributed by atoms with Gasteiger partial charge in [0.15, 0.2) is 5.75 Å². The molecule has 17 heavy (non-hydrogen) atoms. The Hall–Kier alpha value is -1.46. The first-order chi connectivity index (χ1) is 8.15. The number of halogens is 1. The molecule has 2 N–H and O–H groups in total. The summed E-state index contributed by atoms with van der Waals surface area (Å²) >= 11 is 3.36. The van der Waals surface area contributed by atoms with E-state index >= 15 is 0 Å². The molecule has 1 aromatic carbocycles. The summed E-state index contributed by atoms with van der Waals surface area (Å²) in [5.41, 5.74) is 5.66. The van der Waals surface area contributed by atoms with Crippen LogP contribution in [0.1, 0.15) is 18.8 Å². The van der Waals surface area contributed by atoms with E-state index in [0.717, 1.165) is 10.2 Å². The van der Waals surface area contributed by atoms with Crippen LogP contribution in [-0.2, 0) is 0 Å². The second-order valence-corrected chi connectivity index (χ2v) is 4.54. The van der Waals surface area contributed by atoms with Crippen LogP contribution in [-0.4, -0.2) is 9.97 Å². The number of ether oxygens (including phenoxy) is 1. The minimum Gasteiger partial charge on any atom is -0.454 e. The molecule has 0 aliphatic carbocycles. The van der Waals surface area contributed by atoms with E-state index in [4.69, 9.17) is 10.5 Å². The molecule has 0 spiro atoms. The van der Waals surface area contributed by atoms with Crippen molar-refractivity contribution in [3.8, 4) is 11.5 Å². The van der Waals surface area contributed by atoms with Crippen molar-refractivity contribution >= 4 is 15.9 Å². The first-order valence-electron chi connectivity index (χ1n) is 5.16. The number of nitrogens with two attached hydrogens (primary N) is 1. The van der Waals surface area contributed by atoms with Gasteiger partial charge in [-0.05, 0) is 31.2 Å². The van der Waals surface area contributed by atoms with Crippen LogP contribution < -0.4 is 10.5 Å². The normalized spacial score (nSPS) is 12.2. The maximum Gasteiger partial charge on any atom is 0.164 e. The zero-order valence-corrected chi connectivity index (χ0v) is 10.9. The number of benzene rings is 1. The van der Waals surface area contributed by atoms with Crippen molar-refractivity contribution in [3.63, 3.8) is 0 Å². The molecule has 1 atom stereocenters. The smallest absolute Gasteiger partial charge is 0.164 e. The first-order valence-corrected chi connectivity index (χ1v) is 5.95. The van der Waals surface area contributed by atoms with Crippen molar-refractivity contribution < 1.29 is 4.74 Å². The highest BCUT2D eigenvalue weighted by Gasteiger charge is 2.03. The van der Waals surface area contributed by atoms with Gasteiger partial charge in [0.2, 0.25) is 0 Å². The van der Waals surface area contributed by atoms with Gasteiger partial charge in [0, 0.05) is 4.47 Å². The third kappa shape index (κ3) is 3.25. The molecule has 0 amide bonds. The van der Waals surface area contributed by atoms with E-state index in [2.05, 4.69) is 25.9 Å². The van der Waals surface area contributed by atoms with E-state index in [0.29, 0.717) is 11.6 Å². The van der Waals surface area contributed by atoms with Gasteiger partial charge in [-0.3, -0.25) is 0 Å². The minimum absolute atomic E-state index is 0.170. The fraction of sp³-hybridized carbons (Fsp3) is 0.167. The average molecular weight is 294 g/mol. The summed E-state index contributed by atoms with van der Waals surface area (Å²) in [6, 6.07) is 7.38. The molecule has 0 radical (unpaired) electrons. The average Bonchev–Trinajstić information content (AvgIpc) is 2.33. The Labute approximate surface area is 108 Å². The molecule has 0 fully saturated rings. The highest BCUT2D eigenvalue weighted by molar-refractivity contribution is 9.10. The molecule has 1 unspecified atom stereocenters. The molecule has 0 bridgehead atoms. The van der Waals surface area contributed by atoms with E-state index in [1.807, 2.05) is 31.2 Å². The maximum absolute atomic E-state index is 5.66. The van der Waals surface area contributed by atoms with Crippen LogP contribution in [0, 0.1) is 0 Å². The number of rotatable bonds is 3. The van der Waals surface area contributed by atoms with Crippen LogP contribution in [0.15, 0.2) is 41.1 Å². The second kappa shape index (κ2) is 5.25. The molecular formula is C12H12BrN3O. The molecule has 0 aliphatic rings. The molecule has 0 aliphatic heterocycles. The molecule has 88 valence electrons. The fourth-order valence-corrected chi connectivity index (χ4v) is 1.52. The molecule has 2 rings (SSSR count). The van der Waals surface area contributed by atoms with Gasteiger partial charge in [-0.2, -0.15) is 0 Å². The Morgan fingerprint density at radius 2 is 1.71 bits per heavy atom. The summed E-state index contributed by atoms with van der Waals surface area (Å²) in [5, 5.41) is 0. The van der Waals surface area contributed by atoms with Gasteiger partial charge in [0.1, 0.15) is 11.6 Å². The molecule has 0 saturated heterocycles. The Morgan fingerprint density at radius 3 is 2.24 bits per heavy atom. The van der Waals surface area contributed by atoms with Gasteiger partial charge in [-0.25, -0.2) is 9.97 Å². The van der Waals surface area contributed by atoms with E-state index in [9.17, 15) is 0 Å². The lowest BCUT2D eigenvalue weighted by molar-refractivity contribution is 0.475. The van der Waals surface area contributed by atoms with Gasteiger partial charge < -0.3 is 10.5 Å². The lowest BCUT2D eigenvalue weighted by atomic mass is 10.3. The zero-order chi connectivity index (χ0) is 12.3. The second-order valence-electron chi connectivity index (χ2n) is 3.62. The van der Waals surface area contributed by atoms with Gasteiger partial charge in [-0.15, -0.1) is 0 Å². The van der Waals surface area contributed by atoms with Crippen LogP contribution in [0.4, 0.5) is 0 Å². The summed E-state index contributed by atoms with van der Waals surface area (Å²) < 4.78 is 6.59. The summed E-state index contributed by atoms with van der Waals surface area (Å²) in [6.07, 6.45) is 3.24. The Morgan fingerprint density at radius 1 is 1.12 bits per heavy atom. The molecule has 1 heterocycles. The number of nitrogens with zero attached hydrogens (tertiary/aromatic N) is 2. The van der Waals surface area contributed by atoms with Crippen LogP contribution in [0.3, 0.4) is 0 Å². The number of hydrogen-bond donors (Lipinski definition) is 1. The van der Waals surface area contributed by atoms with E-state index < -0.39 is 0 Å². The number of hydrogen-bond acceptors (Lipinski definition) is 4. The van der Waals surface area contributed by atoms with Gasteiger partial charge in [0.25, 0.3) is 0 Å². The summed E-state index contributed by atoms with van der Waals surface area (Å²) in [4.78, 5) is 8.24. The predicted octanol–water partition coefficient (Wildman–Crippen LogP) is 3.05. The minimum atomic E-state index is -0.170. The van der Waals surface area contributed by atoms with Crippen LogP contribution >= 0.6 is 15.9 Å². The molecule has 5 heteroatoms. The van der Waals surface area contributed by atoms with Gasteiger partial charge in [0.05, 0.1) is 18.4 Å². The highest BCUT2D eigenvalue weighted by atomic mass is 79.9. The highest BCUT2D eigenvalue weighted by Crippen LogP contribution is 2.22. The number of aromatic nitrogens is 2. The summed E-state index contributed by atoms with van der Waals surface area (Å²) in [6.45, 7) is 1.84. The zero-order valence-electron chi connectivity index (χ0n) is 9.30. The third-order valence-corrected chi connectivity index (χ3v) is 2.63. The van der Waals surface area contributed by atoms with Crippen LogP contribution in [0.5, 0.6) is 11.5 Å². The van der Waals surface area contributed by atoms with Crippen molar-refractivity contribution in [2.45, 2.75) is 13.0 Å². The van der Waals surface area contributed by atoms with Crippen molar-refractivity contribution in [2.75, 3.05) is 0 Å². The van der Waals surface area contributed by atoms with E-state index in [-0.39, 0.29) is 6.04 Å². The molecular weight excluding hydrogens is 282 g/mol. The Kier molecular flexibility index (Phi) is 3.71. The van der Waals surface area contributed by atoms with Gasteiger partial charge >= 0.3 is 0 Å². The largest absolute Gasteiger partial charge is 0.454 e. The molecule has 0 saturated carbocycles. The first kappa shape index (κ1) is 12.0. The summed E-state index contributed by atoms with van der Waals surface area (Å²) in [7, 11) is 0. The maximum atomic E-state index is 5.66. The Balaban J connectivity index is 2.11. The fourth-order valence-electron chi connectivity index (χ4n) is 1.25. The van der Waals surface area contributed by atoms with Crippen molar-refractivity contribution in [1.82, 2.24) is 9.97 Å². The quantitative estimate of drug-likeness (QED) is 0.945. The topological polar surface area (TPSA) is 61.0 Å². The lowest BCUT2D eigenvalue weighted by Crippen LogP contribution is -2.09. The van der Waals surface area contributed by atoms with Crippen LogP contribution in [0.25, 0.3) is 0 Å². The third-order valence-electron chi connectivity index (χ3n) is 2.10. The monoisotopic (exact) mass is 293 g/mol. The standard InChI is InChI=1S/C12H12BrN3O/c1-8(14)12-15-6-11(7-16-12)17-10-4-2-9(13)3-5-10/h2-8H,14H2,1H3. The SMILES string of the molecule is CC(N)c1ncc(Oc2ccc(Br)cc2)cn1. The van der Waals surface area contributed by atoms with E-state index in [1.165, 1.54) is 0 Å². The van der Waals surface area contributed by atoms with Crippen molar-refractivity contribution in [1.29, 1.82) is 0 Å².